The fourth-order valence-corrected chi connectivity index (χ4v) is 3.16. The van der Waals surface area contributed by atoms with Crippen LogP contribution in [0.15, 0.2) is 60.8 Å². The van der Waals surface area contributed by atoms with E-state index in [1.54, 1.807) is 0 Å². The third kappa shape index (κ3) is 6.28. The van der Waals surface area contributed by atoms with Gasteiger partial charge < -0.3 is 20.7 Å². The highest BCUT2D eigenvalue weighted by molar-refractivity contribution is 6.00. The van der Waals surface area contributed by atoms with Gasteiger partial charge in [0, 0.05) is 36.6 Å². The fourth-order valence-electron chi connectivity index (χ4n) is 3.16. The van der Waals surface area contributed by atoms with Gasteiger partial charge in [0.25, 0.3) is 5.91 Å². The first kappa shape index (κ1) is 31.0. The van der Waals surface area contributed by atoms with Gasteiger partial charge in [0.05, 0.1) is 5.69 Å². The number of urea groups is 1. The van der Waals surface area contributed by atoms with Gasteiger partial charge >= 0.3 is 30.0 Å². The summed E-state index contributed by atoms with van der Waals surface area (Å²) in [6, 6.07) is 5.93. The Morgan fingerprint density at radius 2 is 1.46 bits per heavy atom. The highest BCUT2D eigenvalue weighted by atomic mass is 19.4. The van der Waals surface area contributed by atoms with Crippen LogP contribution in [0.3, 0.4) is 0 Å². The number of ether oxygens (including phenoxy) is 1. The molecule has 0 aliphatic rings. The van der Waals surface area contributed by atoms with Crippen molar-refractivity contribution in [2.24, 2.45) is 0 Å². The van der Waals surface area contributed by atoms with Gasteiger partial charge in [-0.2, -0.15) is 39.5 Å². The fraction of sp³-hybridized carbons (Fsp3) is 0.208. The molecule has 0 spiro atoms. The van der Waals surface area contributed by atoms with E-state index in [0.717, 1.165) is 18.2 Å². The van der Waals surface area contributed by atoms with E-state index >= 15 is 0 Å². The Kier molecular flexibility index (Phi) is 8.41. The Morgan fingerprint density at radius 1 is 0.805 bits per heavy atom. The van der Waals surface area contributed by atoms with E-state index in [0.29, 0.717) is 6.07 Å². The maximum absolute atomic E-state index is 14.5. The molecule has 17 heteroatoms. The molecule has 0 aliphatic heterocycles. The number of aromatic nitrogens is 1. The lowest BCUT2D eigenvalue weighted by atomic mass is 9.96. The Hall–Kier alpha value is -4.57. The Morgan fingerprint density at radius 3 is 2.07 bits per heavy atom. The highest BCUT2D eigenvalue weighted by Gasteiger charge is 2.82. The van der Waals surface area contributed by atoms with Gasteiger partial charge in [0.1, 0.15) is 23.0 Å². The largest absolute Gasteiger partial charge is 0.460 e. The quantitative estimate of drug-likeness (QED) is 0.245. The van der Waals surface area contributed by atoms with Gasteiger partial charge in [0.2, 0.25) is 0 Å². The van der Waals surface area contributed by atoms with E-state index in [2.05, 4.69) is 10.3 Å². The molecule has 0 fully saturated rings. The van der Waals surface area contributed by atoms with Crippen LogP contribution in [-0.2, 0) is 5.92 Å². The zero-order chi connectivity index (χ0) is 30.8. The summed E-state index contributed by atoms with van der Waals surface area (Å²) in [5.41, 5.74) is -3.18. The maximum atomic E-state index is 14.5. The number of carbonyl (C=O) groups is 2. The minimum Gasteiger partial charge on any atom is -0.457 e. The van der Waals surface area contributed by atoms with E-state index in [-0.39, 0.29) is 29.3 Å². The van der Waals surface area contributed by atoms with Gasteiger partial charge in [-0.25, -0.2) is 9.18 Å². The molecular weight excluding hydrogens is 582 g/mol. The van der Waals surface area contributed by atoms with Crippen molar-refractivity contribution in [1.82, 2.24) is 10.3 Å². The second-order valence-electron chi connectivity index (χ2n) is 8.08. The number of rotatable bonds is 8. The molecule has 0 unspecified atom stereocenters. The summed E-state index contributed by atoms with van der Waals surface area (Å²) in [6.07, 6.45) is -5.74. The molecule has 0 saturated heterocycles. The molecular formula is C24H16F10N4O3. The molecule has 3 N–H and O–H groups in total. The van der Waals surface area contributed by atoms with Gasteiger partial charge in [-0.05, 0) is 30.3 Å². The van der Waals surface area contributed by atoms with Crippen LogP contribution in [0, 0.1) is 5.82 Å². The normalized spacial score (nSPS) is 12.5. The van der Waals surface area contributed by atoms with E-state index in [1.165, 1.54) is 31.4 Å². The topological polar surface area (TPSA) is 92.4 Å². The predicted octanol–water partition coefficient (Wildman–Crippen LogP) is 6.94. The summed E-state index contributed by atoms with van der Waals surface area (Å²) in [5.74, 6) is -21.6. The second-order valence-corrected chi connectivity index (χ2v) is 8.08. The Bertz CT molecular complexity index is 1450. The van der Waals surface area contributed by atoms with Crippen LogP contribution in [0.4, 0.5) is 60.1 Å². The third-order valence-corrected chi connectivity index (χ3v) is 5.24. The van der Waals surface area contributed by atoms with E-state index < -0.39 is 58.6 Å². The zero-order valence-corrected chi connectivity index (χ0v) is 20.2. The summed E-state index contributed by atoms with van der Waals surface area (Å²) in [7, 11) is 1.37. The van der Waals surface area contributed by atoms with Crippen molar-refractivity contribution in [3.63, 3.8) is 0 Å². The molecule has 7 nitrogen and oxygen atoms in total. The van der Waals surface area contributed by atoms with Crippen LogP contribution in [0.25, 0.3) is 0 Å². The number of benzene rings is 2. The molecule has 220 valence electrons. The lowest BCUT2D eigenvalue weighted by molar-refractivity contribution is -0.399. The van der Waals surface area contributed by atoms with Gasteiger partial charge in [-0.15, -0.1) is 0 Å². The summed E-state index contributed by atoms with van der Waals surface area (Å²) < 4.78 is 139. The van der Waals surface area contributed by atoms with Crippen LogP contribution in [0.1, 0.15) is 16.1 Å². The number of nitrogens with one attached hydrogen (secondary N) is 3. The summed E-state index contributed by atoms with van der Waals surface area (Å²) in [5, 5.41) is 6.16. The van der Waals surface area contributed by atoms with E-state index in [9.17, 15) is 53.5 Å². The van der Waals surface area contributed by atoms with Crippen LogP contribution < -0.4 is 20.7 Å². The standard InChI is InChI=1S/C24H16F10N4O3/c1-35-19(39)18-11-15(7-8-36-18)41-14-5-6-17(16(25)10-14)38-20(40)37-13-4-2-3-12(9-13)21(26,27)22(28,29)23(30,31)24(32,33)34/h2-11H,1H3,(H,35,39)(H2,37,38,40). The molecule has 41 heavy (non-hydrogen) atoms. The minimum absolute atomic E-state index is 0.0000415. The first-order valence-electron chi connectivity index (χ1n) is 10.9. The molecule has 3 aromatic rings. The molecule has 3 amide bonds. The molecule has 0 bridgehead atoms. The third-order valence-electron chi connectivity index (χ3n) is 5.24. The number of alkyl halides is 9. The smallest absolute Gasteiger partial charge is 0.457 e. The summed E-state index contributed by atoms with van der Waals surface area (Å²) >= 11 is 0. The first-order valence-corrected chi connectivity index (χ1v) is 10.9. The molecule has 0 saturated carbocycles. The average Bonchev–Trinajstić information content (AvgIpc) is 2.89. The molecule has 2 aromatic carbocycles. The van der Waals surface area contributed by atoms with Crippen molar-refractivity contribution in [1.29, 1.82) is 0 Å². The second kappa shape index (κ2) is 11.1. The van der Waals surface area contributed by atoms with Crippen molar-refractivity contribution >= 4 is 23.3 Å². The minimum atomic E-state index is -7.10. The molecule has 0 aliphatic carbocycles. The van der Waals surface area contributed by atoms with Crippen LogP contribution in [-0.4, -0.2) is 42.0 Å². The number of anilines is 2. The molecule has 0 atom stereocenters. The van der Waals surface area contributed by atoms with Crippen molar-refractivity contribution < 1.29 is 58.2 Å². The maximum Gasteiger partial charge on any atom is 0.460 e. The van der Waals surface area contributed by atoms with Crippen LogP contribution in [0.2, 0.25) is 0 Å². The SMILES string of the molecule is CNC(=O)c1cc(Oc2ccc(NC(=O)Nc3cccc(C(F)(F)C(F)(F)C(F)(F)C(F)(F)F)c3)c(F)c2)ccn1. The molecule has 3 rings (SSSR count). The molecule has 1 aromatic heterocycles. The first-order chi connectivity index (χ1) is 18.9. The van der Waals surface area contributed by atoms with Gasteiger partial charge in [-0.1, -0.05) is 12.1 Å². The lowest BCUT2D eigenvalue weighted by Crippen LogP contribution is -2.59. The number of pyridine rings is 1. The van der Waals surface area contributed by atoms with Crippen molar-refractivity contribution in [3.05, 3.63) is 77.9 Å². The summed E-state index contributed by atoms with van der Waals surface area (Å²) in [4.78, 5) is 27.7. The van der Waals surface area contributed by atoms with Crippen molar-refractivity contribution in [2.75, 3.05) is 17.7 Å². The predicted molar refractivity (Wildman–Crippen MR) is 123 cm³/mol. The number of nitrogens with zero attached hydrogens (tertiary/aromatic N) is 1. The van der Waals surface area contributed by atoms with Crippen molar-refractivity contribution in [2.45, 2.75) is 23.9 Å². The Balaban J connectivity index is 1.73. The number of carbonyl (C=O) groups excluding carboxylic acids is 2. The summed E-state index contributed by atoms with van der Waals surface area (Å²) in [6.45, 7) is 0. The monoisotopic (exact) mass is 598 g/mol. The number of halogens is 10. The Labute approximate surface area is 223 Å². The van der Waals surface area contributed by atoms with E-state index in [4.69, 9.17) is 4.74 Å². The lowest BCUT2D eigenvalue weighted by Gasteiger charge is -2.33. The number of amides is 3. The zero-order valence-electron chi connectivity index (χ0n) is 20.2. The number of hydrogen-bond acceptors (Lipinski definition) is 4. The van der Waals surface area contributed by atoms with Gasteiger partial charge in [0.15, 0.2) is 0 Å². The molecule has 1 heterocycles. The van der Waals surface area contributed by atoms with E-state index in [1.807, 2.05) is 10.6 Å². The van der Waals surface area contributed by atoms with Crippen molar-refractivity contribution in [3.8, 4) is 11.5 Å². The average molecular weight is 598 g/mol. The van der Waals surface area contributed by atoms with Gasteiger partial charge in [-0.3, -0.25) is 9.78 Å². The van der Waals surface area contributed by atoms with Crippen LogP contribution >= 0.6 is 0 Å². The number of hydrogen-bond donors (Lipinski definition) is 3. The van der Waals surface area contributed by atoms with Crippen LogP contribution in [0.5, 0.6) is 11.5 Å². The highest BCUT2D eigenvalue weighted by Crippen LogP contribution is 2.56. The molecule has 0 radical (unpaired) electrons.